The van der Waals surface area contributed by atoms with Gasteiger partial charge >= 0.3 is 6.03 Å². The molecule has 0 spiro atoms. The molecule has 180 valence electrons. The van der Waals surface area contributed by atoms with Crippen LogP contribution in [0, 0.1) is 11.7 Å². The van der Waals surface area contributed by atoms with Crippen molar-refractivity contribution in [3.63, 3.8) is 0 Å². The molecule has 1 fully saturated rings. The Kier molecular flexibility index (Phi) is 8.19. The Hall–Kier alpha value is -3.33. The Morgan fingerprint density at radius 3 is 2.88 bits per heavy atom. The van der Waals surface area contributed by atoms with Gasteiger partial charge in [0.1, 0.15) is 5.82 Å². The molecular weight excluding hydrogens is 433 g/mol. The van der Waals surface area contributed by atoms with E-state index in [9.17, 15) is 9.18 Å². The summed E-state index contributed by atoms with van der Waals surface area (Å²) in [4.78, 5) is 14.8. The summed E-state index contributed by atoms with van der Waals surface area (Å²) in [5.74, 6) is 1.08. The molecular formula is C25H32FN7O. The van der Waals surface area contributed by atoms with Crippen molar-refractivity contribution in [1.29, 1.82) is 0 Å². The first-order valence-electron chi connectivity index (χ1n) is 12.0. The SMILES string of the molecule is CCn1nnnc1-c1cccc(NC(=O)NCCCN2CCC[C@@H](Cc3ccc(F)cc3)C2)c1. The summed E-state index contributed by atoms with van der Waals surface area (Å²) in [6, 6.07) is 14.1. The van der Waals surface area contributed by atoms with Crippen LogP contribution in [0.25, 0.3) is 11.4 Å². The topological polar surface area (TPSA) is 88.0 Å². The quantitative estimate of drug-likeness (QED) is 0.467. The predicted octanol–water partition coefficient (Wildman–Crippen LogP) is 3.97. The Balaban J connectivity index is 1.18. The van der Waals surface area contributed by atoms with Crippen LogP contribution < -0.4 is 10.6 Å². The minimum absolute atomic E-state index is 0.184. The zero-order valence-electron chi connectivity index (χ0n) is 19.6. The Morgan fingerprint density at radius 1 is 1.21 bits per heavy atom. The number of piperidine rings is 1. The number of hydrogen-bond donors (Lipinski definition) is 2. The molecule has 0 unspecified atom stereocenters. The molecule has 2 N–H and O–H groups in total. The molecule has 0 saturated carbocycles. The normalized spacial score (nSPS) is 16.4. The van der Waals surface area contributed by atoms with Crippen molar-refractivity contribution in [1.82, 2.24) is 30.4 Å². The first-order valence-corrected chi connectivity index (χ1v) is 12.0. The van der Waals surface area contributed by atoms with Crippen LogP contribution in [0.4, 0.5) is 14.9 Å². The summed E-state index contributed by atoms with van der Waals surface area (Å²) >= 11 is 0. The van der Waals surface area contributed by atoms with E-state index in [0.29, 0.717) is 30.5 Å². The Bertz CT molecular complexity index is 1070. The average molecular weight is 466 g/mol. The third-order valence-corrected chi connectivity index (χ3v) is 6.19. The summed E-state index contributed by atoms with van der Waals surface area (Å²) in [5, 5.41) is 17.6. The van der Waals surface area contributed by atoms with Crippen molar-refractivity contribution in [2.75, 3.05) is 31.5 Å². The first kappa shape index (κ1) is 23.8. The van der Waals surface area contributed by atoms with Crippen LogP contribution >= 0.6 is 0 Å². The fraction of sp³-hybridized carbons (Fsp3) is 0.440. The summed E-state index contributed by atoms with van der Waals surface area (Å²) in [7, 11) is 0. The Labute approximate surface area is 199 Å². The number of amides is 2. The predicted molar refractivity (Wildman–Crippen MR) is 130 cm³/mol. The number of tetrazole rings is 1. The van der Waals surface area contributed by atoms with Gasteiger partial charge in [0, 0.05) is 30.9 Å². The highest BCUT2D eigenvalue weighted by Gasteiger charge is 2.20. The molecule has 34 heavy (non-hydrogen) atoms. The number of anilines is 1. The summed E-state index contributed by atoms with van der Waals surface area (Å²) < 4.78 is 14.8. The van der Waals surface area contributed by atoms with E-state index in [-0.39, 0.29) is 11.8 Å². The molecule has 3 aromatic rings. The van der Waals surface area contributed by atoms with Gasteiger partial charge in [0.15, 0.2) is 5.82 Å². The second-order valence-electron chi connectivity index (χ2n) is 8.77. The van der Waals surface area contributed by atoms with Crippen LogP contribution in [-0.2, 0) is 13.0 Å². The molecule has 0 aliphatic carbocycles. The molecule has 9 heteroatoms. The molecule has 1 saturated heterocycles. The lowest BCUT2D eigenvalue weighted by atomic mass is 9.91. The lowest BCUT2D eigenvalue weighted by molar-refractivity contribution is 0.172. The summed E-state index contributed by atoms with van der Waals surface area (Å²) in [6.45, 7) is 6.35. The van der Waals surface area contributed by atoms with Crippen molar-refractivity contribution in [3.05, 3.63) is 59.9 Å². The largest absolute Gasteiger partial charge is 0.338 e. The van der Waals surface area contributed by atoms with Gasteiger partial charge < -0.3 is 15.5 Å². The molecule has 1 atom stereocenters. The number of carbonyl (C=O) groups excluding carboxylic acids is 1. The number of nitrogens with zero attached hydrogens (tertiary/aromatic N) is 5. The molecule has 8 nitrogen and oxygen atoms in total. The van der Waals surface area contributed by atoms with Gasteiger partial charge in [-0.2, -0.15) is 0 Å². The monoisotopic (exact) mass is 465 g/mol. The summed E-state index contributed by atoms with van der Waals surface area (Å²) in [5.41, 5.74) is 2.74. The van der Waals surface area contributed by atoms with Crippen LogP contribution in [0.5, 0.6) is 0 Å². The molecule has 4 rings (SSSR count). The number of aryl methyl sites for hydroxylation is 1. The molecule has 1 aliphatic rings. The van der Waals surface area contributed by atoms with Gasteiger partial charge in [-0.15, -0.1) is 5.10 Å². The maximum atomic E-state index is 13.1. The number of urea groups is 1. The van der Waals surface area contributed by atoms with Crippen LogP contribution in [0.3, 0.4) is 0 Å². The van der Waals surface area contributed by atoms with E-state index in [1.807, 2.05) is 43.3 Å². The molecule has 0 radical (unpaired) electrons. The maximum absolute atomic E-state index is 13.1. The number of hydrogen-bond acceptors (Lipinski definition) is 5. The van der Waals surface area contributed by atoms with E-state index in [2.05, 4.69) is 31.1 Å². The standard InChI is InChI=1S/C25H32FN7O/c1-2-33-24(29-30-31-33)21-7-3-8-23(17-21)28-25(34)27-13-5-15-32-14-4-6-20(18-32)16-19-9-11-22(26)12-10-19/h3,7-12,17,20H,2,4-6,13-16,18H2,1H3,(H2,27,28,34)/t20-/m0/s1. The zero-order chi connectivity index (χ0) is 23.8. The fourth-order valence-electron chi connectivity index (χ4n) is 4.52. The highest BCUT2D eigenvalue weighted by molar-refractivity contribution is 5.89. The van der Waals surface area contributed by atoms with E-state index >= 15 is 0 Å². The second-order valence-corrected chi connectivity index (χ2v) is 8.77. The van der Waals surface area contributed by atoms with E-state index in [0.717, 1.165) is 38.0 Å². The van der Waals surface area contributed by atoms with E-state index < -0.39 is 0 Å². The van der Waals surface area contributed by atoms with Crippen LogP contribution in [0.15, 0.2) is 48.5 Å². The van der Waals surface area contributed by atoms with Gasteiger partial charge in [-0.3, -0.25) is 0 Å². The number of halogens is 1. The van der Waals surface area contributed by atoms with Gasteiger partial charge in [-0.05, 0) is 91.9 Å². The van der Waals surface area contributed by atoms with E-state index in [1.54, 1.807) is 4.68 Å². The molecule has 1 aliphatic heterocycles. The highest BCUT2D eigenvalue weighted by Crippen LogP contribution is 2.22. The molecule has 2 aromatic carbocycles. The third kappa shape index (κ3) is 6.60. The lowest BCUT2D eigenvalue weighted by Crippen LogP contribution is -2.38. The second kappa shape index (κ2) is 11.7. The van der Waals surface area contributed by atoms with Gasteiger partial charge in [0.25, 0.3) is 0 Å². The van der Waals surface area contributed by atoms with Crippen molar-refractivity contribution in [2.24, 2.45) is 5.92 Å². The maximum Gasteiger partial charge on any atom is 0.319 e. The van der Waals surface area contributed by atoms with Crippen molar-refractivity contribution in [2.45, 2.75) is 39.2 Å². The summed E-state index contributed by atoms with van der Waals surface area (Å²) in [6.07, 6.45) is 4.26. The third-order valence-electron chi connectivity index (χ3n) is 6.19. The average Bonchev–Trinajstić information content (AvgIpc) is 3.33. The zero-order valence-corrected chi connectivity index (χ0v) is 19.6. The van der Waals surface area contributed by atoms with Crippen molar-refractivity contribution >= 4 is 11.7 Å². The fourth-order valence-corrected chi connectivity index (χ4v) is 4.52. The van der Waals surface area contributed by atoms with Crippen LogP contribution in [0.2, 0.25) is 0 Å². The van der Waals surface area contributed by atoms with Gasteiger partial charge in [-0.1, -0.05) is 24.3 Å². The lowest BCUT2D eigenvalue weighted by Gasteiger charge is -2.32. The first-order chi connectivity index (χ1) is 16.6. The number of benzene rings is 2. The molecule has 2 amide bonds. The highest BCUT2D eigenvalue weighted by atomic mass is 19.1. The van der Waals surface area contributed by atoms with Gasteiger partial charge in [0.2, 0.25) is 0 Å². The van der Waals surface area contributed by atoms with Crippen molar-refractivity contribution < 1.29 is 9.18 Å². The minimum atomic E-state index is -0.222. The molecule has 2 heterocycles. The Morgan fingerprint density at radius 2 is 2.06 bits per heavy atom. The number of likely N-dealkylation sites (tertiary alicyclic amines) is 1. The number of nitrogens with one attached hydrogen (secondary N) is 2. The van der Waals surface area contributed by atoms with E-state index in [1.165, 1.54) is 30.5 Å². The van der Waals surface area contributed by atoms with Crippen molar-refractivity contribution in [3.8, 4) is 11.4 Å². The number of rotatable bonds is 9. The molecule has 1 aromatic heterocycles. The smallest absolute Gasteiger partial charge is 0.319 e. The van der Waals surface area contributed by atoms with E-state index in [4.69, 9.17) is 0 Å². The van der Waals surface area contributed by atoms with Crippen LogP contribution in [-0.4, -0.2) is 57.3 Å². The minimum Gasteiger partial charge on any atom is -0.338 e. The number of aromatic nitrogens is 4. The van der Waals surface area contributed by atoms with Crippen LogP contribution in [0.1, 0.15) is 31.7 Å². The van der Waals surface area contributed by atoms with Gasteiger partial charge in [-0.25, -0.2) is 13.9 Å². The molecule has 0 bridgehead atoms. The number of carbonyl (C=O) groups is 1. The van der Waals surface area contributed by atoms with Gasteiger partial charge in [0.05, 0.1) is 0 Å².